The molecule has 4 heteroatoms. The lowest BCUT2D eigenvalue weighted by Crippen LogP contribution is -2.42. The first kappa shape index (κ1) is 11.6. The van der Waals surface area contributed by atoms with Crippen LogP contribution in [0.1, 0.15) is 12.8 Å². The predicted octanol–water partition coefficient (Wildman–Crippen LogP) is 0.0702. The van der Waals surface area contributed by atoms with E-state index in [0.29, 0.717) is 6.54 Å². The maximum Gasteiger partial charge on any atom is 0.237 e. The standard InChI is InChI=1S/C12H21N3O/c16-12(15-8-2-1-3-9-15)11-14-7-4-5-13-6-10-14/h1-2,13H,3-11H2. The van der Waals surface area contributed by atoms with Crippen LogP contribution in [0, 0.1) is 0 Å². The van der Waals surface area contributed by atoms with E-state index in [2.05, 4.69) is 22.4 Å². The van der Waals surface area contributed by atoms with Crippen molar-refractivity contribution in [2.24, 2.45) is 0 Å². The summed E-state index contributed by atoms with van der Waals surface area (Å²) in [5, 5.41) is 3.35. The van der Waals surface area contributed by atoms with Crippen molar-refractivity contribution in [3.63, 3.8) is 0 Å². The van der Waals surface area contributed by atoms with Gasteiger partial charge in [0.25, 0.3) is 0 Å². The van der Waals surface area contributed by atoms with Gasteiger partial charge in [-0.3, -0.25) is 9.69 Å². The summed E-state index contributed by atoms with van der Waals surface area (Å²) in [5.74, 6) is 0.284. The highest BCUT2D eigenvalue weighted by atomic mass is 16.2. The number of hydrogen-bond acceptors (Lipinski definition) is 3. The second-order valence-electron chi connectivity index (χ2n) is 4.48. The minimum Gasteiger partial charge on any atom is -0.338 e. The summed E-state index contributed by atoms with van der Waals surface area (Å²) < 4.78 is 0. The molecule has 90 valence electrons. The summed E-state index contributed by atoms with van der Waals surface area (Å²) in [7, 11) is 0. The first-order valence-electron chi connectivity index (χ1n) is 6.22. The lowest BCUT2D eigenvalue weighted by Gasteiger charge is -2.27. The molecule has 1 fully saturated rings. The number of nitrogens with zero attached hydrogens (tertiary/aromatic N) is 2. The number of amides is 1. The smallest absolute Gasteiger partial charge is 0.237 e. The molecule has 0 atom stereocenters. The number of rotatable bonds is 2. The minimum absolute atomic E-state index is 0.284. The van der Waals surface area contributed by atoms with Gasteiger partial charge in [0.05, 0.1) is 6.54 Å². The molecule has 0 aromatic carbocycles. The van der Waals surface area contributed by atoms with Crippen LogP contribution in [0.25, 0.3) is 0 Å². The van der Waals surface area contributed by atoms with E-state index in [4.69, 9.17) is 0 Å². The van der Waals surface area contributed by atoms with E-state index in [9.17, 15) is 4.79 Å². The molecule has 1 N–H and O–H groups in total. The molecule has 2 rings (SSSR count). The van der Waals surface area contributed by atoms with Crippen molar-refractivity contribution in [1.82, 2.24) is 15.1 Å². The van der Waals surface area contributed by atoms with E-state index in [0.717, 1.165) is 52.1 Å². The number of carbonyl (C=O) groups is 1. The Balaban J connectivity index is 1.78. The predicted molar refractivity (Wildman–Crippen MR) is 64.3 cm³/mol. The van der Waals surface area contributed by atoms with Crippen LogP contribution in [0.3, 0.4) is 0 Å². The van der Waals surface area contributed by atoms with Gasteiger partial charge in [-0.2, -0.15) is 0 Å². The van der Waals surface area contributed by atoms with Gasteiger partial charge in [0.15, 0.2) is 0 Å². The molecular weight excluding hydrogens is 202 g/mol. The zero-order chi connectivity index (χ0) is 11.2. The summed E-state index contributed by atoms with van der Waals surface area (Å²) in [6.07, 6.45) is 6.39. The lowest BCUT2D eigenvalue weighted by atomic mass is 10.2. The maximum atomic E-state index is 12.0. The monoisotopic (exact) mass is 223 g/mol. The van der Waals surface area contributed by atoms with Gasteiger partial charge in [-0.05, 0) is 25.9 Å². The molecule has 0 bridgehead atoms. The molecule has 0 unspecified atom stereocenters. The van der Waals surface area contributed by atoms with Crippen LogP contribution in [0.5, 0.6) is 0 Å². The highest BCUT2D eigenvalue weighted by Crippen LogP contribution is 2.03. The molecule has 2 aliphatic heterocycles. The molecule has 0 spiro atoms. The average Bonchev–Trinajstić information content (AvgIpc) is 2.59. The first-order valence-corrected chi connectivity index (χ1v) is 6.22. The van der Waals surface area contributed by atoms with Crippen molar-refractivity contribution in [2.45, 2.75) is 12.8 Å². The summed E-state index contributed by atoms with van der Waals surface area (Å²) >= 11 is 0. The van der Waals surface area contributed by atoms with Gasteiger partial charge >= 0.3 is 0 Å². The second kappa shape index (κ2) is 6.01. The number of carbonyl (C=O) groups excluding carboxylic acids is 1. The van der Waals surface area contributed by atoms with Crippen molar-refractivity contribution >= 4 is 5.91 Å². The van der Waals surface area contributed by atoms with Crippen LogP contribution in [-0.2, 0) is 4.79 Å². The molecule has 0 aromatic heterocycles. The molecule has 0 saturated carbocycles. The normalized spacial score (nSPS) is 23.1. The fourth-order valence-corrected chi connectivity index (χ4v) is 2.22. The summed E-state index contributed by atoms with van der Waals surface area (Å²) in [6.45, 7) is 6.41. The topological polar surface area (TPSA) is 35.6 Å². The van der Waals surface area contributed by atoms with Gasteiger partial charge in [-0.1, -0.05) is 12.2 Å². The molecule has 2 heterocycles. The largest absolute Gasteiger partial charge is 0.338 e. The van der Waals surface area contributed by atoms with Crippen molar-refractivity contribution in [3.8, 4) is 0 Å². The molecule has 0 aromatic rings. The van der Waals surface area contributed by atoms with Gasteiger partial charge in [0.1, 0.15) is 0 Å². The third kappa shape index (κ3) is 3.32. The van der Waals surface area contributed by atoms with Gasteiger partial charge < -0.3 is 10.2 Å². The Kier molecular flexibility index (Phi) is 4.36. The highest BCUT2D eigenvalue weighted by Gasteiger charge is 2.18. The molecule has 1 saturated heterocycles. The fraction of sp³-hybridized carbons (Fsp3) is 0.750. The molecule has 2 aliphatic rings. The number of nitrogens with one attached hydrogen (secondary N) is 1. The molecule has 1 amide bonds. The Morgan fingerprint density at radius 3 is 2.94 bits per heavy atom. The van der Waals surface area contributed by atoms with Crippen LogP contribution in [0.15, 0.2) is 12.2 Å². The molecule has 0 aliphatic carbocycles. The van der Waals surface area contributed by atoms with Gasteiger partial charge in [-0.15, -0.1) is 0 Å². The van der Waals surface area contributed by atoms with E-state index in [-0.39, 0.29) is 5.91 Å². The minimum atomic E-state index is 0.284. The summed E-state index contributed by atoms with van der Waals surface area (Å²) in [4.78, 5) is 16.2. The Hall–Kier alpha value is -0.870. The summed E-state index contributed by atoms with van der Waals surface area (Å²) in [5.41, 5.74) is 0. The van der Waals surface area contributed by atoms with Crippen LogP contribution in [0.4, 0.5) is 0 Å². The maximum absolute atomic E-state index is 12.0. The lowest BCUT2D eigenvalue weighted by molar-refractivity contribution is -0.132. The van der Waals surface area contributed by atoms with E-state index >= 15 is 0 Å². The van der Waals surface area contributed by atoms with Gasteiger partial charge in [0.2, 0.25) is 5.91 Å². The average molecular weight is 223 g/mol. The van der Waals surface area contributed by atoms with Crippen LogP contribution in [0.2, 0.25) is 0 Å². The Morgan fingerprint density at radius 2 is 2.12 bits per heavy atom. The van der Waals surface area contributed by atoms with Crippen LogP contribution in [-0.4, -0.2) is 61.5 Å². The van der Waals surface area contributed by atoms with Gasteiger partial charge in [-0.25, -0.2) is 0 Å². The van der Waals surface area contributed by atoms with Crippen molar-refractivity contribution in [2.75, 3.05) is 45.8 Å². The van der Waals surface area contributed by atoms with Crippen LogP contribution >= 0.6 is 0 Å². The van der Waals surface area contributed by atoms with E-state index < -0.39 is 0 Å². The zero-order valence-corrected chi connectivity index (χ0v) is 9.82. The molecule has 16 heavy (non-hydrogen) atoms. The number of hydrogen-bond donors (Lipinski definition) is 1. The third-order valence-corrected chi connectivity index (χ3v) is 3.20. The molecule has 4 nitrogen and oxygen atoms in total. The first-order chi connectivity index (χ1) is 7.86. The van der Waals surface area contributed by atoms with E-state index in [1.165, 1.54) is 0 Å². The molecular formula is C12H21N3O. The van der Waals surface area contributed by atoms with E-state index in [1.807, 2.05) is 4.90 Å². The fourth-order valence-electron chi connectivity index (χ4n) is 2.22. The zero-order valence-electron chi connectivity index (χ0n) is 9.82. The van der Waals surface area contributed by atoms with Crippen LogP contribution < -0.4 is 5.32 Å². The SMILES string of the molecule is O=C(CN1CCCNCC1)N1CC=CCC1. The highest BCUT2D eigenvalue weighted by molar-refractivity contribution is 5.78. The summed E-state index contributed by atoms with van der Waals surface area (Å²) in [6, 6.07) is 0. The Bertz CT molecular complexity index is 257. The van der Waals surface area contributed by atoms with Gasteiger partial charge in [0, 0.05) is 26.2 Å². The quantitative estimate of drug-likeness (QED) is 0.673. The van der Waals surface area contributed by atoms with Crippen molar-refractivity contribution in [1.29, 1.82) is 0 Å². The molecule has 0 radical (unpaired) electrons. The second-order valence-corrected chi connectivity index (χ2v) is 4.48. The Labute approximate surface area is 97.3 Å². The van der Waals surface area contributed by atoms with E-state index in [1.54, 1.807) is 0 Å². The Morgan fingerprint density at radius 1 is 1.19 bits per heavy atom. The van der Waals surface area contributed by atoms with Crippen molar-refractivity contribution in [3.05, 3.63) is 12.2 Å². The third-order valence-electron chi connectivity index (χ3n) is 3.20. The van der Waals surface area contributed by atoms with Crippen molar-refractivity contribution < 1.29 is 4.79 Å².